The number of thioether (sulfide) groups is 1. The van der Waals surface area contributed by atoms with Gasteiger partial charge >= 0.3 is 5.97 Å². The molecule has 0 unspecified atom stereocenters. The van der Waals surface area contributed by atoms with Crippen LogP contribution in [-0.2, 0) is 19.1 Å². The van der Waals surface area contributed by atoms with Crippen LogP contribution in [0.4, 0.5) is 5.69 Å². The normalized spacial score (nSPS) is 19.9. The molecule has 0 bridgehead atoms. The molecule has 1 saturated heterocycles. The van der Waals surface area contributed by atoms with Crippen molar-refractivity contribution in [3.63, 3.8) is 0 Å². The zero-order chi connectivity index (χ0) is 20.3. The molecular weight excluding hydrogens is 380 g/mol. The molecule has 148 valence electrons. The number of hydrogen-bond donors (Lipinski definition) is 1. The quantitative estimate of drug-likeness (QED) is 0.773. The minimum Gasteiger partial charge on any atom is -0.466 e. The van der Waals surface area contributed by atoms with Gasteiger partial charge in [-0.25, -0.2) is 4.79 Å². The van der Waals surface area contributed by atoms with Crippen molar-refractivity contribution in [3.05, 3.63) is 54.0 Å². The molecule has 3 rings (SSSR count). The molecule has 8 heteroatoms. The second kappa shape index (κ2) is 8.52. The van der Waals surface area contributed by atoms with E-state index in [4.69, 9.17) is 9.15 Å². The zero-order valence-electron chi connectivity index (χ0n) is 15.9. The van der Waals surface area contributed by atoms with Crippen LogP contribution in [0.1, 0.15) is 30.5 Å². The zero-order valence-corrected chi connectivity index (χ0v) is 16.7. The maximum Gasteiger partial charge on any atom is 0.330 e. The molecule has 28 heavy (non-hydrogen) atoms. The number of nitrogens with zero attached hydrogens (tertiary/aromatic N) is 1. The fourth-order valence-electron chi connectivity index (χ4n) is 3.00. The number of rotatable bonds is 5. The number of furan rings is 1. The summed E-state index contributed by atoms with van der Waals surface area (Å²) in [5.41, 5.74) is 1.64. The van der Waals surface area contributed by atoms with Crippen molar-refractivity contribution >= 4 is 35.2 Å². The number of benzene rings is 1. The maximum atomic E-state index is 12.7. The molecular formula is C20H22N2O5S. The van der Waals surface area contributed by atoms with Gasteiger partial charge in [-0.2, -0.15) is 0 Å². The fourth-order valence-corrected chi connectivity index (χ4v) is 4.41. The van der Waals surface area contributed by atoms with Gasteiger partial charge in [0.1, 0.15) is 17.2 Å². The fraction of sp³-hybridized carbons (Fsp3) is 0.350. The van der Waals surface area contributed by atoms with E-state index in [0.29, 0.717) is 17.2 Å². The van der Waals surface area contributed by atoms with Gasteiger partial charge < -0.3 is 19.4 Å². The number of carbonyl (C=O) groups is 3. The number of amides is 2. The minimum atomic E-state index is -0.991. The highest BCUT2D eigenvalue weighted by Crippen LogP contribution is 2.41. The number of aryl methyl sites for hydroxylation is 1. The third kappa shape index (κ3) is 4.39. The number of hydrogen-bond acceptors (Lipinski definition) is 6. The lowest BCUT2D eigenvalue weighted by atomic mass is 10.2. The first-order chi connectivity index (χ1) is 13.4. The lowest BCUT2D eigenvalue weighted by molar-refractivity contribution is -0.160. The highest BCUT2D eigenvalue weighted by Gasteiger charge is 2.43. The number of carbonyl (C=O) groups excluding carboxylic acids is 3. The monoisotopic (exact) mass is 402 g/mol. The summed E-state index contributed by atoms with van der Waals surface area (Å²) in [4.78, 5) is 38.6. The van der Waals surface area contributed by atoms with Gasteiger partial charge in [-0.15, -0.1) is 11.8 Å². The molecule has 2 aromatic rings. The molecule has 0 saturated carbocycles. The van der Waals surface area contributed by atoms with Crippen LogP contribution in [0.3, 0.4) is 0 Å². The number of esters is 1. The first-order valence-electron chi connectivity index (χ1n) is 8.88. The molecule has 1 aromatic carbocycles. The van der Waals surface area contributed by atoms with Crippen LogP contribution in [0.5, 0.6) is 0 Å². The van der Waals surface area contributed by atoms with E-state index in [0.717, 1.165) is 5.56 Å². The van der Waals surface area contributed by atoms with E-state index in [1.807, 2.05) is 25.1 Å². The molecule has 1 aromatic heterocycles. The summed E-state index contributed by atoms with van der Waals surface area (Å²) in [6.07, 6.45) is 0.534. The topological polar surface area (TPSA) is 88.8 Å². The summed E-state index contributed by atoms with van der Waals surface area (Å²) >= 11 is 1.42. The second-order valence-corrected chi connectivity index (χ2v) is 7.69. The second-order valence-electron chi connectivity index (χ2n) is 6.58. The smallest absolute Gasteiger partial charge is 0.330 e. The molecule has 3 atom stereocenters. The lowest BCUT2D eigenvalue weighted by Gasteiger charge is -2.26. The molecule has 2 heterocycles. The summed E-state index contributed by atoms with van der Waals surface area (Å²) in [7, 11) is 0. The summed E-state index contributed by atoms with van der Waals surface area (Å²) in [6.45, 7) is 4.83. The number of ether oxygens (including phenoxy) is 1. The van der Waals surface area contributed by atoms with Gasteiger partial charge in [0, 0.05) is 18.4 Å². The third-order valence-corrected chi connectivity index (χ3v) is 5.65. The Bertz CT molecular complexity index is 867. The summed E-state index contributed by atoms with van der Waals surface area (Å²) in [5.74, 6) is -0.327. The van der Waals surface area contributed by atoms with Crippen LogP contribution in [0, 0.1) is 6.92 Å². The first kappa shape index (κ1) is 20.0. The molecule has 0 spiro atoms. The van der Waals surface area contributed by atoms with Crippen LogP contribution in [0.25, 0.3) is 0 Å². The Kier molecular flexibility index (Phi) is 6.08. The van der Waals surface area contributed by atoms with E-state index in [9.17, 15) is 14.4 Å². The average molecular weight is 402 g/mol. The predicted octanol–water partition coefficient (Wildman–Crippen LogP) is 3.12. The van der Waals surface area contributed by atoms with Crippen molar-refractivity contribution in [1.82, 2.24) is 4.90 Å². The molecule has 7 nitrogen and oxygen atoms in total. The summed E-state index contributed by atoms with van der Waals surface area (Å²) in [5, 5.41) is 2.34. The average Bonchev–Trinajstić information content (AvgIpc) is 3.30. The van der Waals surface area contributed by atoms with Crippen molar-refractivity contribution in [2.24, 2.45) is 0 Å². The van der Waals surface area contributed by atoms with Crippen LogP contribution in [0.15, 0.2) is 47.1 Å². The number of anilines is 1. The molecule has 1 fully saturated rings. The van der Waals surface area contributed by atoms with E-state index in [-0.39, 0.29) is 11.3 Å². The van der Waals surface area contributed by atoms with E-state index < -0.39 is 24.0 Å². The molecule has 0 aliphatic carbocycles. The van der Waals surface area contributed by atoms with Gasteiger partial charge in [-0.1, -0.05) is 12.1 Å². The predicted molar refractivity (Wildman–Crippen MR) is 106 cm³/mol. The summed E-state index contributed by atoms with van der Waals surface area (Å²) < 4.78 is 10.7. The standard InChI is InChI=1S/C20H22N2O5S/c1-12-6-4-7-15(10-12)21-18(24)13(2)27-20(25)16-11-28-19(22(16)14(3)23)17-8-5-9-26-17/h4-10,13,16,19H,11H2,1-3H3,(H,21,24)/t13-,16+,19-/m1/s1. The largest absolute Gasteiger partial charge is 0.466 e. The Morgan fingerprint density at radius 1 is 1.29 bits per heavy atom. The van der Waals surface area contributed by atoms with Gasteiger partial charge in [0.25, 0.3) is 5.91 Å². The maximum absolute atomic E-state index is 12.7. The van der Waals surface area contributed by atoms with Crippen molar-refractivity contribution < 1.29 is 23.5 Å². The minimum absolute atomic E-state index is 0.259. The van der Waals surface area contributed by atoms with Gasteiger partial charge in [-0.3, -0.25) is 9.59 Å². The SMILES string of the molecule is CC(=O)N1[C@@H](c2ccco2)SC[C@H]1C(=O)O[C@H](C)C(=O)Nc1cccc(C)c1. The highest BCUT2D eigenvalue weighted by atomic mass is 32.2. The van der Waals surface area contributed by atoms with E-state index in [2.05, 4.69) is 5.32 Å². The van der Waals surface area contributed by atoms with E-state index in [1.165, 1.54) is 36.8 Å². The van der Waals surface area contributed by atoms with Gasteiger partial charge in [0.15, 0.2) is 6.10 Å². The van der Waals surface area contributed by atoms with E-state index in [1.54, 1.807) is 18.2 Å². The highest BCUT2D eigenvalue weighted by molar-refractivity contribution is 7.99. The van der Waals surface area contributed by atoms with Crippen LogP contribution in [0.2, 0.25) is 0 Å². The Balaban J connectivity index is 1.64. The Morgan fingerprint density at radius 2 is 2.07 bits per heavy atom. The molecule has 2 amide bonds. The van der Waals surface area contributed by atoms with E-state index >= 15 is 0 Å². The Hall–Kier alpha value is -2.74. The number of nitrogens with one attached hydrogen (secondary N) is 1. The molecule has 1 aliphatic heterocycles. The van der Waals surface area contributed by atoms with Crippen molar-refractivity contribution in [2.75, 3.05) is 11.1 Å². The Labute approximate surface area is 167 Å². The summed E-state index contributed by atoms with van der Waals surface area (Å²) in [6, 6.07) is 10.1. The molecule has 0 radical (unpaired) electrons. The van der Waals surface area contributed by atoms with Crippen LogP contribution < -0.4 is 5.32 Å². The first-order valence-corrected chi connectivity index (χ1v) is 9.93. The molecule has 1 N–H and O–H groups in total. The van der Waals surface area contributed by atoms with Crippen LogP contribution in [-0.4, -0.2) is 40.6 Å². The van der Waals surface area contributed by atoms with Gasteiger partial charge in [0.05, 0.1) is 6.26 Å². The van der Waals surface area contributed by atoms with Crippen molar-refractivity contribution in [2.45, 2.75) is 38.3 Å². The van der Waals surface area contributed by atoms with Gasteiger partial charge in [0.2, 0.25) is 5.91 Å². The van der Waals surface area contributed by atoms with Crippen molar-refractivity contribution in [3.8, 4) is 0 Å². The Morgan fingerprint density at radius 3 is 2.71 bits per heavy atom. The van der Waals surface area contributed by atoms with Crippen LogP contribution >= 0.6 is 11.8 Å². The third-order valence-electron chi connectivity index (χ3n) is 4.37. The lowest BCUT2D eigenvalue weighted by Crippen LogP contribution is -2.44. The van der Waals surface area contributed by atoms with Gasteiger partial charge in [-0.05, 0) is 43.7 Å². The van der Waals surface area contributed by atoms with Crippen molar-refractivity contribution in [1.29, 1.82) is 0 Å². The molecule has 1 aliphatic rings.